The number of rotatable bonds is 36. The molecule has 2 aromatic carbocycles. The van der Waals surface area contributed by atoms with Gasteiger partial charge in [0.1, 0.15) is 41.9 Å². The van der Waals surface area contributed by atoms with Gasteiger partial charge >= 0.3 is 11.9 Å². The minimum absolute atomic E-state index is 0.0123. The van der Waals surface area contributed by atoms with E-state index in [4.69, 9.17) is 18.9 Å². The Morgan fingerprint density at radius 1 is 0.597 bits per heavy atom. The van der Waals surface area contributed by atoms with E-state index in [2.05, 4.69) is 10.6 Å². The van der Waals surface area contributed by atoms with Crippen molar-refractivity contribution in [3.8, 4) is 23.0 Å². The van der Waals surface area contributed by atoms with E-state index in [1.165, 1.54) is 4.90 Å². The van der Waals surface area contributed by atoms with Gasteiger partial charge in [-0.1, -0.05) is 27.7 Å². The van der Waals surface area contributed by atoms with E-state index in [1.54, 1.807) is 46.2 Å². The second-order valence-corrected chi connectivity index (χ2v) is 15.5. The Hall–Kier alpha value is -5.59. The maximum atomic E-state index is 12.8. The lowest BCUT2D eigenvalue weighted by atomic mass is 10.1. The number of hydrogen-bond acceptors (Lipinski definition) is 14. The molecule has 18 heteroatoms. The van der Waals surface area contributed by atoms with Crippen molar-refractivity contribution in [2.75, 3.05) is 98.4 Å². The lowest BCUT2D eigenvalue weighted by Gasteiger charge is -2.27. The molecule has 2 amide bonds. The van der Waals surface area contributed by atoms with Crippen LogP contribution >= 0.6 is 0 Å². The topological polar surface area (TPSA) is 231 Å². The quantitative estimate of drug-likeness (QED) is 0.0567. The van der Waals surface area contributed by atoms with Crippen LogP contribution in [0.3, 0.4) is 0 Å². The molecule has 0 radical (unpaired) electrons. The molecule has 0 aliphatic rings. The summed E-state index contributed by atoms with van der Waals surface area (Å²) in [6, 6.07) is 10.3. The fraction of sp³-hybridized carbons (Fsp3) is 0.568. The fourth-order valence-electron chi connectivity index (χ4n) is 5.84. The average molecular weight is 872 g/mol. The van der Waals surface area contributed by atoms with Crippen molar-refractivity contribution in [3.05, 3.63) is 47.5 Å². The van der Waals surface area contributed by atoms with Crippen LogP contribution in [0.15, 0.2) is 36.4 Å². The van der Waals surface area contributed by atoms with Crippen molar-refractivity contribution >= 4 is 42.6 Å². The van der Waals surface area contributed by atoms with Gasteiger partial charge in [0.15, 0.2) is 0 Å². The lowest BCUT2D eigenvalue weighted by molar-refractivity contribution is -0.139. The van der Waals surface area contributed by atoms with Crippen LogP contribution in [0.2, 0.25) is 0 Å². The van der Waals surface area contributed by atoms with Crippen molar-refractivity contribution in [1.82, 2.24) is 25.3 Å². The van der Waals surface area contributed by atoms with Crippen LogP contribution in [0.4, 0.5) is 0 Å². The molecule has 0 aliphatic heterocycles. The zero-order valence-electron chi connectivity index (χ0n) is 36.5. The molecule has 0 atom stereocenters. The summed E-state index contributed by atoms with van der Waals surface area (Å²) in [4.78, 5) is 87.5. The van der Waals surface area contributed by atoms with Crippen LogP contribution in [0, 0.1) is 11.8 Å². The number of carboxylic acid groups (broad SMARTS) is 2. The number of hydrogen-bond donors (Lipinski definition) is 4. The SMILES string of the molecule is CC(C)COc1ccc(OCCCNC(=O)CN(CC=O)CCN(CC=O)CCN(CC(=O)O)CC(=O)NCCCOc2ccc(OCC(C)C)cc2CC(=O)O)c(CC=O)c1. The number of carbonyl (C=O) groups is 7. The molecule has 62 heavy (non-hydrogen) atoms. The maximum absolute atomic E-state index is 12.8. The van der Waals surface area contributed by atoms with Gasteiger partial charge in [-0.3, -0.25) is 33.9 Å². The molecule has 2 aromatic rings. The van der Waals surface area contributed by atoms with E-state index >= 15 is 0 Å². The third-order valence-corrected chi connectivity index (χ3v) is 8.90. The predicted octanol–water partition coefficient (Wildman–Crippen LogP) is 1.98. The largest absolute Gasteiger partial charge is 0.493 e. The average Bonchev–Trinajstić information content (AvgIpc) is 3.20. The molecule has 0 aromatic heterocycles. The van der Waals surface area contributed by atoms with Crippen molar-refractivity contribution in [3.63, 3.8) is 0 Å². The number of amides is 2. The number of aldehydes is 3. The highest BCUT2D eigenvalue weighted by molar-refractivity contribution is 5.79. The molecule has 0 saturated carbocycles. The first-order valence-electron chi connectivity index (χ1n) is 20.9. The number of aliphatic carboxylic acids is 2. The highest BCUT2D eigenvalue weighted by Gasteiger charge is 2.18. The molecule has 2 rings (SSSR count). The molecular weight excluding hydrogens is 807 g/mol. The van der Waals surface area contributed by atoms with Crippen molar-refractivity contribution in [1.29, 1.82) is 0 Å². The van der Waals surface area contributed by atoms with Gasteiger partial charge in [-0.2, -0.15) is 0 Å². The Balaban J connectivity index is 1.80. The molecule has 4 N–H and O–H groups in total. The van der Waals surface area contributed by atoms with Gasteiger partial charge in [0, 0.05) is 56.8 Å². The van der Waals surface area contributed by atoms with E-state index in [0.29, 0.717) is 91.1 Å². The summed E-state index contributed by atoms with van der Waals surface area (Å²) in [7, 11) is 0. The summed E-state index contributed by atoms with van der Waals surface area (Å²) in [6.07, 6.45) is 2.98. The summed E-state index contributed by atoms with van der Waals surface area (Å²) in [5.41, 5.74) is 1.17. The first-order chi connectivity index (χ1) is 29.7. The number of nitrogens with one attached hydrogen (secondary N) is 2. The van der Waals surface area contributed by atoms with Gasteiger partial charge < -0.3 is 54.2 Å². The first kappa shape index (κ1) is 52.5. The molecule has 0 heterocycles. The normalized spacial score (nSPS) is 11.2. The van der Waals surface area contributed by atoms with Crippen LogP contribution in [0.5, 0.6) is 23.0 Å². The Morgan fingerprint density at radius 2 is 1.06 bits per heavy atom. The standard InChI is InChI=1S/C44H65N5O13/c1-33(2)31-61-37-7-9-39(35(25-37)11-20-50)59-23-5-12-45-41(53)28-48(19-22-52)16-14-47(18-21-51)15-17-49(30-44(57)58)29-42(54)46-13-6-24-60-40-10-8-38(62-32-34(3)4)26-36(40)27-43(55)56/h7-10,20-22,25-26,33-34H,5-6,11-19,23-24,27-32H2,1-4H3,(H,45,53)(H,46,54)(H,55,56)(H,57,58). The first-order valence-corrected chi connectivity index (χ1v) is 20.9. The number of carbonyl (C=O) groups excluding carboxylic acids is 5. The fourth-order valence-corrected chi connectivity index (χ4v) is 5.84. The second-order valence-electron chi connectivity index (χ2n) is 15.5. The van der Waals surface area contributed by atoms with Gasteiger partial charge in [0.25, 0.3) is 0 Å². The van der Waals surface area contributed by atoms with E-state index < -0.39 is 24.4 Å². The third kappa shape index (κ3) is 23.4. The summed E-state index contributed by atoms with van der Waals surface area (Å²) in [5, 5.41) is 24.4. The number of ether oxygens (including phenoxy) is 4. The second kappa shape index (κ2) is 30.4. The highest BCUT2D eigenvalue weighted by atomic mass is 16.5. The lowest BCUT2D eigenvalue weighted by Crippen LogP contribution is -2.46. The van der Waals surface area contributed by atoms with Gasteiger partial charge in [0.2, 0.25) is 11.8 Å². The Morgan fingerprint density at radius 3 is 1.55 bits per heavy atom. The van der Waals surface area contributed by atoms with E-state index in [0.717, 1.165) is 6.29 Å². The summed E-state index contributed by atoms with van der Waals surface area (Å²) in [6.45, 7) is 10.3. The summed E-state index contributed by atoms with van der Waals surface area (Å²) >= 11 is 0. The van der Waals surface area contributed by atoms with Gasteiger partial charge in [-0.15, -0.1) is 0 Å². The van der Waals surface area contributed by atoms with E-state index in [9.17, 15) is 43.8 Å². The van der Waals surface area contributed by atoms with Crippen molar-refractivity contribution in [2.24, 2.45) is 11.8 Å². The summed E-state index contributed by atoms with van der Waals surface area (Å²) < 4.78 is 23.1. The minimum Gasteiger partial charge on any atom is -0.493 e. The van der Waals surface area contributed by atoms with Crippen molar-refractivity contribution in [2.45, 2.75) is 53.4 Å². The number of benzene rings is 2. The van der Waals surface area contributed by atoms with Crippen LogP contribution in [0.1, 0.15) is 51.7 Å². The van der Waals surface area contributed by atoms with Crippen LogP contribution in [0.25, 0.3) is 0 Å². The number of nitrogens with zero attached hydrogens (tertiary/aromatic N) is 3. The monoisotopic (exact) mass is 871 g/mol. The Labute approximate surface area is 364 Å². The van der Waals surface area contributed by atoms with E-state index in [-0.39, 0.29) is 90.9 Å². The molecule has 18 nitrogen and oxygen atoms in total. The highest BCUT2D eigenvalue weighted by Crippen LogP contribution is 2.26. The van der Waals surface area contributed by atoms with E-state index in [1.807, 2.05) is 27.7 Å². The Bertz CT molecular complexity index is 1710. The molecule has 0 aliphatic carbocycles. The molecular formula is C44H65N5O13. The molecule has 344 valence electrons. The number of carboxylic acids is 2. The molecule has 0 unspecified atom stereocenters. The molecule has 0 bridgehead atoms. The predicted molar refractivity (Wildman–Crippen MR) is 230 cm³/mol. The maximum Gasteiger partial charge on any atom is 0.317 e. The van der Waals surface area contributed by atoms with Gasteiger partial charge in [0.05, 0.1) is 65.6 Å². The summed E-state index contributed by atoms with van der Waals surface area (Å²) in [5.74, 6) is -0.0616. The molecule has 0 spiro atoms. The third-order valence-electron chi connectivity index (χ3n) is 8.90. The zero-order valence-corrected chi connectivity index (χ0v) is 36.5. The van der Waals surface area contributed by atoms with Crippen LogP contribution in [-0.4, -0.2) is 166 Å². The zero-order chi connectivity index (χ0) is 45.7. The van der Waals surface area contributed by atoms with Crippen LogP contribution in [-0.2, 0) is 46.4 Å². The minimum atomic E-state index is -1.13. The smallest absolute Gasteiger partial charge is 0.317 e. The van der Waals surface area contributed by atoms with Crippen molar-refractivity contribution < 1.29 is 62.7 Å². The molecule has 0 fully saturated rings. The van der Waals surface area contributed by atoms with Crippen LogP contribution < -0.4 is 29.6 Å². The Kier molecular flexibility index (Phi) is 25.8. The molecule has 0 saturated heterocycles. The van der Waals surface area contributed by atoms with Gasteiger partial charge in [-0.05, 0) is 61.1 Å². The van der Waals surface area contributed by atoms with Gasteiger partial charge in [-0.25, -0.2) is 0 Å².